The zero-order valence-electron chi connectivity index (χ0n) is 10.3. The van der Waals surface area contributed by atoms with E-state index in [1.54, 1.807) is 7.11 Å². The summed E-state index contributed by atoms with van der Waals surface area (Å²) in [4.78, 5) is 11.7. The van der Waals surface area contributed by atoms with Gasteiger partial charge in [0.25, 0.3) is 0 Å². The third-order valence-electron chi connectivity index (χ3n) is 2.71. The molecule has 18 heavy (non-hydrogen) atoms. The van der Waals surface area contributed by atoms with E-state index in [0.29, 0.717) is 12.0 Å². The minimum Gasteiger partial charge on any atom is -0.382 e. The second kappa shape index (κ2) is 6.00. The number of carbonyl (C=O) groups is 1. The molecule has 0 bridgehead atoms. The molecule has 1 rings (SSSR count). The average molecular weight is 260 g/mol. The first kappa shape index (κ1) is 14.7. The average Bonchev–Trinajstić information content (AvgIpc) is 2.34. The van der Waals surface area contributed by atoms with Crippen molar-refractivity contribution in [2.75, 3.05) is 7.11 Å². The van der Waals surface area contributed by atoms with E-state index in [9.17, 15) is 18.0 Å². The van der Waals surface area contributed by atoms with Crippen molar-refractivity contribution in [3.05, 3.63) is 35.4 Å². The third-order valence-corrected chi connectivity index (χ3v) is 2.71. The molecule has 0 N–H and O–H groups in total. The van der Waals surface area contributed by atoms with E-state index in [2.05, 4.69) is 0 Å². The van der Waals surface area contributed by atoms with Crippen LogP contribution >= 0.6 is 0 Å². The summed E-state index contributed by atoms with van der Waals surface area (Å²) in [5.41, 5.74) is -0.449. The standard InChI is InChI=1S/C13H15F3O2/c1-9(18-2)3-8-12(17)10-4-6-11(7-5-10)13(14,15)16/h4-7,9H,3,8H2,1-2H3. The Kier molecular flexibility index (Phi) is 4.90. The first-order valence-electron chi connectivity index (χ1n) is 5.58. The zero-order valence-corrected chi connectivity index (χ0v) is 10.3. The molecule has 0 amide bonds. The van der Waals surface area contributed by atoms with Crippen molar-refractivity contribution in [3.8, 4) is 0 Å². The Balaban J connectivity index is 2.65. The summed E-state index contributed by atoms with van der Waals surface area (Å²) in [5.74, 6) is -0.173. The minimum absolute atomic E-state index is 0.0385. The second-order valence-corrected chi connectivity index (χ2v) is 4.08. The molecule has 100 valence electrons. The third kappa shape index (κ3) is 4.14. The van der Waals surface area contributed by atoms with E-state index < -0.39 is 11.7 Å². The van der Waals surface area contributed by atoms with Crippen molar-refractivity contribution < 1.29 is 22.7 Å². The van der Waals surface area contributed by atoms with Crippen LogP contribution in [0.1, 0.15) is 35.7 Å². The van der Waals surface area contributed by atoms with Crippen LogP contribution < -0.4 is 0 Å². The molecule has 0 heterocycles. The number of benzene rings is 1. The number of hydrogen-bond donors (Lipinski definition) is 0. The SMILES string of the molecule is COC(C)CCC(=O)c1ccc(C(F)(F)F)cc1. The molecule has 1 unspecified atom stereocenters. The Bertz CT molecular complexity index is 396. The smallest absolute Gasteiger partial charge is 0.382 e. The molecule has 5 heteroatoms. The van der Waals surface area contributed by atoms with E-state index in [1.807, 2.05) is 6.92 Å². The first-order valence-corrected chi connectivity index (χ1v) is 5.58. The summed E-state index contributed by atoms with van der Waals surface area (Å²) in [5, 5.41) is 0. The lowest BCUT2D eigenvalue weighted by Gasteiger charge is -2.09. The number of Topliss-reactive ketones (excluding diaryl/α,β-unsaturated/α-hetero) is 1. The number of ketones is 1. The van der Waals surface area contributed by atoms with Crippen LogP contribution in [0, 0.1) is 0 Å². The quantitative estimate of drug-likeness (QED) is 0.754. The van der Waals surface area contributed by atoms with E-state index in [-0.39, 0.29) is 18.3 Å². The molecule has 1 aromatic carbocycles. The maximum atomic E-state index is 12.3. The van der Waals surface area contributed by atoms with Crippen LogP contribution in [-0.2, 0) is 10.9 Å². The van der Waals surface area contributed by atoms with Gasteiger partial charge in [-0.25, -0.2) is 0 Å². The number of alkyl halides is 3. The summed E-state index contributed by atoms with van der Waals surface area (Å²) in [6.07, 6.45) is -3.59. The van der Waals surface area contributed by atoms with E-state index in [1.165, 1.54) is 12.1 Å². The Morgan fingerprint density at radius 1 is 1.28 bits per heavy atom. The number of hydrogen-bond acceptors (Lipinski definition) is 2. The van der Waals surface area contributed by atoms with Gasteiger partial charge in [-0.05, 0) is 25.5 Å². The van der Waals surface area contributed by atoms with Crippen molar-refractivity contribution in [2.45, 2.75) is 32.0 Å². The molecule has 0 aromatic heterocycles. The molecule has 2 nitrogen and oxygen atoms in total. The number of rotatable bonds is 5. The molecule has 1 atom stereocenters. The molecule has 1 aromatic rings. The highest BCUT2D eigenvalue weighted by atomic mass is 19.4. The highest BCUT2D eigenvalue weighted by Gasteiger charge is 2.30. The summed E-state index contributed by atoms with van der Waals surface area (Å²) >= 11 is 0. The van der Waals surface area contributed by atoms with Gasteiger partial charge in [-0.15, -0.1) is 0 Å². The highest BCUT2D eigenvalue weighted by Crippen LogP contribution is 2.29. The van der Waals surface area contributed by atoms with Gasteiger partial charge < -0.3 is 4.74 Å². The van der Waals surface area contributed by atoms with Crippen molar-refractivity contribution in [1.82, 2.24) is 0 Å². The Morgan fingerprint density at radius 2 is 1.83 bits per heavy atom. The van der Waals surface area contributed by atoms with Crippen molar-refractivity contribution in [3.63, 3.8) is 0 Å². The topological polar surface area (TPSA) is 26.3 Å². The second-order valence-electron chi connectivity index (χ2n) is 4.08. The van der Waals surface area contributed by atoms with Crippen molar-refractivity contribution >= 4 is 5.78 Å². The van der Waals surface area contributed by atoms with Crippen LogP contribution in [-0.4, -0.2) is 19.0 Å². The van der Waals surface area contributed by atoms with Gasteiger partial charge in [0, 0.05) is 19.1 Å². The summed E-state index contributed by atoms with van der Waals surface area (Å²) in [7, 11) is 1.55. The van der Waals surface area contributed by atoms with E-state index in [0.717, 1.165) is 12.1 Å². The summed E-state index contributed by atoms with van der Waals surface area (Å²) in [6, 6.07) is 4.27. The van der Waals surface area contributed by atoms with E-state index in [4.69, 9.17) is 4.74 Å². The largest absolute Gasteiger partial charge is 0.416 e. The summed E-state index contributed by atoms with van der Waals surface area (Å²) < 4.78 is 42.0. The molecule has 0 saturated carbocycles. The van der Waals surface area contributed by atoms with Crippen molar-refractivity contribution in [2.24, 2.45) is 0 Å². The van der Waals surface area contributed by atoms with Gasteiger partial charge in [0.15, 0.2) is 5.78 Å². The van der Waals surface area contributed by atoms with Crippen LogP contribution in [0.2, 0.25) is 0 Å². The van der Waals surface area contributed by atoms with Gasteiger partial charge in [0.1, 0.15) is 0 Å². The van der Waals surface area contributed by atoms with Crippen molar-refractivity contribution in [1.29, 1.82) is 0 Å². The Morgan fingerprint density at radius 3 is 2.28 bits per heavy atom. The van der Waals surface area contributed by atoms with Gasteiger partial charge >= 0.3 is 6.18 Å². The number of carbonyl (C=O) groups excluding carboxylic acids is 1. The number of ether oxygens (including phenoxy) is 1. The van der Waals surface area contributed by atoms with Gasteiger partial charge in [-0.1, -0.05) is 12.1 Å². The fourth-order valence-corrected chi connectivity index (χ4v) is 1.44. The number of methoxy groups -OCH3 is 1. The molecule has 0 aliphatic carbocycles. The molecule has 0 aliphatic heterocycles. The Labute approximate surface area is 104 Å². The maximum Gasteiger partial charge on any atom is 0.416 e. The molecule has 0 spiro atoms. The lowest BCUT2D eigenvalue weighted by atomic mass is 10.0. The Hall–Kier alpha value is -1.36. The van der Waals surface area contributed by atoms with Gasteiger partial charge in [-0.3, -0.25) is 4.79 Å². The lowest BCUT2D eigenvalue weighted by molar-refractivity contribution is -0.137. The first-order chi connectivity index (χ1) is 8.34. The molecular formula is C13H15F3O2. The molecule has 0 radical (unpaired) electrons. The van der Waals surface area contributed by atoms with Crippen LogP contribution in [0.5, 0.6) is 0 Å². The maximum absolute atomic E-state index is 12.3. The minimum atomic E-state index is -4.37. The number of halogens is 3. The fourth-order valence-electron chi connectivity index (χ4n) is 1.44. The molecule has 0 saturated heterocycles. The zero-order chi connectivity index (χ0) is 13.8. The van der Waals surface area contributed by atoms with Crippen LogP contribution in [0.25, 0.3) is 0 Å². The van der Waals surface area contributed by atoms with Gasteiger partial charge in [0.05, 0.1) is 11.7 Å². The molecule has 0 aliphatic rings. The monoisotopic (exact) mass is 260 g/mol. The normalized spacial score (nSPS) is 13.4. The predicted molar refractivity (Wildman–Crippen MR) is 61.5 cm³/mol. The molecule has 0 fully saturated rings. The lowest BCUT2D eigenvalue weighted by Crippen LogP contribution is -2.09. The highest BCUT2D eigenvalue weighted by molar-refractivity contribution is 5.96. The van der Waals surface area contributed by atoms with Gasteiger partial charge in [0.2, 0.25) is 0 Å². The summed E-state index contributed by atoms with van der Waals surface area (Å²) in [6.45, 7) is 1.83. The van der Waals surface area contributed by atoms with E-state index >= 15 is 0 Å². The van der Waals surface area contributed by atoms with Crippen LogP contribution in [0.3, 0.4) is 0 Å². The van der Waals surface area contributed by atoms with Gasteiger partial charge in [-0.2, -0.15) is 13.2 Å². The molecular weight excluding hydrogens is 245 g/mol. The van der Waals surface area contributed by atoms with Crippen LogP contribution in [0.4, 0.5) is 13.2 Å². The van der Waals surface area contributed by atoms with Crippen LogP contribution in [0.15, 0.2) is 24.3 Å². The predicted octanol–water partition coefficient (Wildman–Crippen LogP) is 3.70. The fraction of sp³-hybridized carbons (Fsp3) is 0.462.